The summed E-state index contributed by atoms with van der Waals surface area (Å²) in [6.45, 7) is 1.12. The number of aromatic nitrogens is 5. The summed E-state index contributed by atoms with van der Waals surface area (Å²) in [6, 6.07) is 15.6. The number of benzene rings is 2. The predicted molar refractivity (Wildman–Crippen MR) is 106 cm³/mol. The van der Waals surface area contributed by atoms with Crippen LogP contribution in [0.3, 0.4) is 0 Å². The van der Waals surface area contributed by atoms with Crippen LogP contribution >= 0.6 is 0 Å². The van der Waals surface area contributed by atoms with Gasteiger partial charge in [-0.1, -0.05) is 36.4 Å². The van der Waals surface area contributed by atoms with Gasteiger partial charge in [-0.2, -0.15) is 5.10 Å². The molecule has 2 aromatic carbocycles. The Kier molecular flexibility index (Phi) is 5.15. The van der Waals surface area contributed by atoms with Crippen LogP contribution in [-0.4, -0.2) is 30.6 Å². The van der Waals surface area contributed by atoms with Gasteiger partial charge in [0.25, 0.3) is 0 Å². The second-order valence-electron chi connectivity index (χ2n) is 6.24. The molecule has 28 heavy (non-hydrogen) atoms. The molecule has 4 aromatic rings. The zero-order valence-corrected chi connectivity index (χ0v) is 15.1. The molecule has 1 amide bonds. The highest BCUT2D eigenvalue weighted by atomic mass is 16.1. The summed E-state index contributed by atoms with van der Waals surface area (Å²) < 4.78 is 1.76. The first kappa shape index (κ1) is 17.5. The average molecular weight is 370 g/mol. The summed E-state index contributed by atoms with van der Waals surface area (Å²) >= 11 is 0. The van der Waals surface area contributed by atoms with E-state index in [0.29, 0.717) is 18.8 Å². The molecule has 0 saturated carbocycles. The number of rotatable bonds is 6. The van der Waals surface area contributed by atoms with Crippen molar-refractivity contribution >= 4 is 23.0 Å². The smallest absolute Gasteiger partial charge is 0.244 e. The van der Waals surface area contributed by atoms with E-state index in [4.69, 9.17) is 0 Å². The molecular formula is C21H18N6O. The van der Waals surface area contributed by atoms with Gasteiger partial charge in [-0.05, 0) is 29.3 Å². The standard InChI is InChI=1S/C21H18N6O/c28-21(10-9-18-12-23-19-3-1-2-4-20(19)26-18)24-11-16-5-7-17(8-6-16)13-27-15-22-14-25-27/h1-10,12,14-15H,11,13H2,(H,24,28)/b10-9+. The van der Waals surface area contributed by atoms with Crippen LogP contribution in [0.15, 0.2) is 73.5 Å². The maximum atomic E-state index is 12.1. The van der Waals surface area contributed by atoms with Crippen molar-refractivity contribution in [3.8, 4) is 0 Å². The molecule has 4 rings (SSSR count). The number of carbonyl (C=O) groups is 1. The second kappa shape index (κ2) is 8.22. The lowest BCUT2D eigenvalue weighted by Crippen LogP contribution is -2.20. The van der Waals surface area contributed by atoms with Gasteiger partial charge in [-0.3, -0.25) is 9.78 Å². The summed E-state index contributed by atoms with van der Waals surface area (Å²) in [5, 5.41) is 6.96. The molecule has 0 unspecified atom stereocenters. The fraction of sp³-hybridized carbons (Fsp3) is 0.0952. The lowest BCUT2D eigenvalue weighted by atomic mass is 10.1. The van der Waals surface area contributed by atoms with Crippen LogP contribution in [0, 0.1) is 0 Å². The second-order valence-corrected chi connectivity index (χ2v) is 6.24. The van der Waals surface area contributed by atoms with Gasteiger partial charge in [-0.25, -0.2) is 14.6 Å². The van der Waals surface area contributed by atoms with Gasteiger partial charge in [0.1, 0.15) is 12.7 Å². The van der Waals surface area contributed by atoms with Crippen LogP contribution in [0.4, 0.5) is 0 Å². The highest BCUT2D eigenvalue weighted by Crippen LogP contribution is 2.09. The van der Waals surface area contributed by atoms with E-state index in [0.717, 1.165) is 22.2 Å². The number of hydrogen-bond donors (Lipinski definition) is 1. The third-order valence-electron chi connectivity index (χ3n) is 4.17. The van der Waals surface area contributed by atoms with Gasteiger partial charge < -0.3 is 5.32 Å². The minimum absolute atomic E-state index is 0.179. The van der Waals surface area contributed by atoms with Crippen molar-refractivity contribution < 1.29 is 4.79 Å². The van der Waals surface area contributed by atoms with E-state index < -0.39 is 0 Å². The Morgan fingerprint density at radius 2 is 1.82 bits per heavy atom. The fourth-order valence-electron chi connectivity index (χ4n) is 2.72. The summed E-state index contributed by atoms with van der Waals surface area (Å²) in [5.41, 5.74) is 4.42. The molecule has 2 aromatic heterocycles. The first-order valence-corrected chi connectivity index (χ1v) is 8.84. The third kappa shape index (κ3) is 4.45. The Morgan fingerprint density at radius 1 is 1.04 bits per heavy atom. The van der Waals surface area contributed by atoms with Gasteiger partial charge in [-0.15, -0.1) is 0 Å². The number of nitrogens with zero attached hydrogens (tertiary/aromatic N) is 5. The van der Waals surface area contributed by atoms with Crippen LogP contribution in [0.25, 0.3) is 17.1 Å². The predicted octanol–water partition coefficient (Wildman–Crippen LogP) is 2.60. The molecule has 0 spiro atoms. The summed E-state index contributed by atoms with van der Waals surface area (Å²) in [7, 11) is 0. The molecule has 0 radical (unpaired) electrons. The lowest BCUT2D eigenvalue weighted by molar-refractivity contribution is -0.116. The number of nitrogens with one attached hydrogen (secondary N) is 1. The average Bonchev–Trinajstić information content (AvgIpc) is 3.24. The van der Waals surface area contributed by atoms with Gasteiger partial charge >= 0.3 is 0 Å². The molecule has 0 fully saturated rings. The van der Waals surface area contributed by atoms with Gasteiger partial charge in [0.05, 0.1) is 29.5 Å². The fourth-order valence-corrected chi connectivity index (χ4v) is 2.72. The van der Waals surface area contributed by atoms with E-state index in [9.17, 15) is 4.79 Å². The summed E-state index contributed by atoms with van der Waals surface area (Å²) in [6.07, 6.45) is 7.98. The van der Waals surface area contributed by atoms with E-state index in [-0.39, 0.29) is 5.91 Å². The Bertz CT molecular complexity index is 1100. The molecule has 138 valence electrons. The van der Waals surface area contributed by atoms with E-state index in [2.05, 4.69) is 25.4 Å². The van der Waals surface area contributed by atoms with Gasteiger partial charge in [0, 0.05) is 12.6 Å². The number of carbonyl (C=O) groups excluding carboxylic acids is 1. The van der Waals surface area contributed by atoms with Crippen molar-refractivity contribution in [1.29, 1.82) is 0 Å². The minimum atomic E-state index is -0.179. The number of hydrogen-bond acceptors (Lipinski definition) is 5. The molecule has 7 nitrogen and oxygen atoms in total. The van der Waals surface area contributed by atoms with E-state index >= 15 is 0 Å². The van der Waals surface area contributed by atoms with Crippen molar-refractivity contribution in [2.24, 2.45) is 0 Å². The third-order valence-corrected chi connectivity index (χ3v) is 4.17. The quantitative estimate of drug-likeness (QED) is 0.527. The zero-order valence-electron chi connectivity index (χ0n) is 15.1. The van der Waals surface area contributed by atoms with E-state index in [1.165, 1.54) is 12.4 Å². The molecule has 0 aliphatic heterocycles. The number of fused-ring (bicyclic) bond motifs is 1. The molecule has 0 aliphatic rings. The molecule has 2 heterocycles. The lowest BCUT2D eigenvalue weighted by Gasteiger charge is -2.05. The van der Waals surface area contributed by atoms with Crippen molar-refractivity contribution in [2.45, 2.75) is 13.1 Å². The molecule has 0 atom stereocenters. The topological polar surface area (TPSA) is 85.6 Å². The van der Waals surface area contributed by atoms with E-state index in [1.54, 1.807) is 23.3 Å². The van der Waals surface area contributed by atoms with Gasteiger partial charge in [0.15, 0.2) is 0 Å². The number of para-hydroxylation sites is 2. The Balaban J connectivity index is 1.31. The Morgan fingerprint density at radius 3 is 2.61 bits per heavy atom. The largest absolute Gasteiger partial charge is 0.348 e. The monoisotopic (exact) mass is 370 g/mol. The van der Waals surface area contributed by atoms with E-state index in [1.807, 2.05) is 48.5 Å². The molecule has 1 N–H and O–H groups in total. The molecule has 7 heteroatoms. The maximum Gasteiger partial charge on any atom is 0.244 e. The normalized spacial score (nSPS) is 11.1. The molecule has 0 bridgehead atoms. The molecular weight excluding hydrogens is 352 g/mol. The van der Waals surface area contributed by atoms with Crippen molar-refractivity contribution in [1.82, 2.24) is 30.0 Å². The van der Waals surface area contributed by atoms with Gasteiger partial charge in [0.2, 0.25) is 5.91 Å². The highest BCUT2D eigenvalue weighted by molar-refractivity contribution is 5.91. The molecule has 0 aliphatic carbocycles. The summed E-state index contributed by atoms with van der Waals surface area (Å²) in [5.74, 6) is -0.179. The molecule has 0 saturated heterocycles. The van der Waals surface area contributed by atoms with Crippen molar-refractivity contribution in [2.75, 3.05) is 0 Å². The van der Waals surface area contributed by atoms with Crippen LogP contribution in [0.1, 0.15) is 16.8 Å². The van der Waals surface area contributed by atoms with Crippen LogP contribution in [-0.2, 0) is 17.9 Å². The maximum absolute atomic E-state index is 12.1. The van der Waals surface area contributed by atoms with Crippen molar-refractivity contribution in [3.05, 3.63) is 90.3 Å². The van der Waals surface area contributed by atoms with Crippen molar-refractivity contribution in [3.63, 3.8) is 0 Å². The zero-order chi connectivity index (χ0) is 19.2. The Labute approximate surface area is 161 Å². The first-order valence-electron chi connectivity index (χ1n) is 8.84. The highest BCUT2D eigenvalue weighted by Gasteiger charge is 2.01. The number of amides is 1. The summed E-state index contributed by atoms with van der Waals surface area (Å²) in [4.78, 5) is 24.8. The SMILES string of the molecule is O=C(/C=C/c1cnc2ccccc2n1)NCc1ccc(Cn2cncn2)cc1. The van der Waals surface area contributed by atoms with Crippen LogP contribution in [0.5, 0.6) is 0 Å². The minimum Gasteiger partial charge on any atom is -0.348 e. The first-order chi connectivity index (χ1) is 13.8. The van der Waals surface area contributed by atoms with Crippen LogP contribution < -0.4 is 5.32 Å². The van der Waals surface area contributed by atoms with Crippen LogP contribution in [0.2, 0.25) is 0 Å². The Hall–Kier alpha value is -3.87.